The van der Waals surface area contributed by atoms with E-state index in [9.17, 15) is 27.6 Å². The van der Waals surface area contributed by atoms with Crippen molar-refractivity contribution in [3.05, 3.63) is 65.6 Å². The highest BCUT2D eigenvalue weighted by Crippen LogP contribution is 2.29. The first-order valence-corrected chi connectivity index (χ1v) is 8.97. The van der Waals surface area contributed by atoms with Gasteiger partial charge in [0.05, 0.1) is 11.8 Å². The lowest BCUT2D eigenvalue weighted by atomic mass is 10.1. The van der Waals surface area contributed by atoms with Gasteiger partial charge in [-0.05, 0) is 42.5 Å². The highest BCUT2D eigenvalue weighted by molar-refractivity contribution is 5.94. The summed E-state index contributed by atoms with van der Waals surface area (Å²) in [7, 11) is 0. The van der Waals surface area contributed by atoms with Crippen LogP contribution in [0.4, 0.5) is 13.2 Å². The molecule has 0 spiro atoms. The van der Waals surface area contributed by atoms with Gasteiger partial charge in [-0.15, -0.1) is 0 Å². The largest absolute Gasteiger partial charge is 0.465 e. The molecule has 0 fully saturated rings. The predicted molar refractivity (Wildman–Crippen MR) is 102 cm³/mol. The van der Waals surface area contributed by atoms with Crippen molar-refractivity contribution in [2.45, 2.75) is 12.6 Å². The molecule has 0 aliphatic rings. The van der Waals surface area contributed by atoms with Gasteiger partial charge in [0.25, 0.3) is 5.91 Å². The lowest BCUT2D eigenvalue weighted by Crippen LogP contribution is -2.36. The summed E-state index contributed by atoms with van der Waals surface area (Å²) in [5.74, 6) is -0.716. The van der Waals surface area contributed by atoms with Crippen LogP contribution in [0.25, 0.3) is 6.08 Å². The molecule has 0 radical (unpaired) electrons. The predicted octanol–water partition coefficient (Wildman–Crippen LogP) is 2.36. The second kappa shape index (κ2) is 10.8. The second-order valence-electron chi connectivity index (χ2n) is 6.07. The van der Waals surface area contributed by atoms with Crippen molar-refractivity contribution in [1.29, 1.82) is 0 Å². The third-order valence-electron chi connectivity index (χ3n) is 3.80. The molecule has 0 saturated carbocycles. The number of hydrogen-bond acceptors (Lipinski definition) is 4. The molecule has 160 valence electrons. The summed E-state index contributed by atoms with van der Waals surface area (Å²) in [6.45, 7) is 0.368. The third kappa shape index (κ3) is 7.82. The van der Waals surface area contributed by atoms with Crippen LogP contribution in [0.2, 0.25) is 0 Å². The molecule has 0 saturated heterocycles. The van der Waals surface area contributed by atoms with Crippen LogP contribution in [-0.4, -0.2) is 37.4 Å². The minimum atomic E-state index is -4.46. The Morgan fingerprint density at radius 2 is 1.63 bits per heavy atom. The number of hydrogen-bond donors (Lipinski definition) is 3. The van der Waals surface area contributed by atoms with Crippen LogP contribution in [-0.2, 0) is 15.8 Å². The lowest BCUT2D eigenvalue weighted by Gasteiger charge is -2.09. The molecular formula is C20H20F3N3O4. The molecule has 1 aromatic carbocycles. The third-order valence-corrected chi connectivity index (χ3v) is 3.80. The van der Waals surface area contributed by atoms with Crippen LogP contribution in [0.5, 0.6) is 0 Å². The second-order valence-corrected chi connectivity index (χ2v) is 6.07. The Morgan fingerprint density at radius 3 is 2.27 bits per heavy atom. The topological polar surface area (TPSA) is 100 Å². The number of nitrogens with one attached hydrogen (secondary N) is 3. The minimum Gasteiger partial charge on any atom is -0.465 e. The molecular weight excluding hydrogens is 403 g/mol. The Kier molecular flexibility index (Phi) is 8.21. The van der Waals surface area contributed by atoms with Gasteiger partial charge in [0.15, 0.2) is 0 Å². The Balaban J connectivity index is 1.59. The number of alkyl halides is 3. The molecule has 3 amide bonds. The normalized spacial score (nSPS) is 11.3. The summed E-state index contributed by atoms with van der Waals surface area (Å²) in [6.07, 6.45) is -0.155. The maximum absolute atomic E-state index is 12.5. The van der Waals surface area contributed by atoms with Gasteiger partial charge in [0, 0.05) is 37.7 Å². The van der Waals surface area contributed by atoms with Gasteiger partial charge in [-0.1, -0.05) is 0 Å². The highest BCUT2D eigenvalue weighted by atomic mass is 19.4. The zero-order chi connectivity index (χ0) is 22.0. The zero-order valence-electron chi connectivity index (χ0n) is 15.8. The van der Waals surface area contributed by atoms with Crippen molar-refractivity contribution in [2.24, 2.45) is 0 Å². The van der Waals surface area contributed by atoms with Crippen molar-refractivity contribution >= 4 is 23.8 Å². The van der Waals surface area contributed by atoms with E-state index in [0.717, 1.165) is 24.3 Å². The van der Waals surface area contributed by atoms with Crippen molar-refractivity contribution < 1.29 is 32.0 Å². The molecule has 3 N–H and O–H groups in total. The lowest BCUT2D eigenvalue weighted by molar-refractivity contribution is -0.137. The van der Waals surface area contributed by atoms with Gasteiger partial charge in [0.1, 0.15) is 5.76 Å². The first-order valence-electron chi connectivity index (χ1n) is 8.97. The van der Waals surface area contributed by atoms with Crippen molar-refractivity contribution in [1.82, 2.24) is 16.0 Å². The maximum atomic E-state index is 12.5. The van der Waals surface area contributed by atoms with Gasteiger partial charge in [-0.3, -0.25) is 14.4 Å². The fourth-order valence-corrected chi connectivity index (χ4v) is 2.28. The first-order chi connectivity index (χ1) is 14.3. The number of carbonyl (C=O) groups is 3. The molecule has 0 atom stereocenters. The van der Waals surface area contributed by atoms with E-state index in [1.807, 2.05) is 0 Å². The monoisotopic (exact) mass is 423 g/mol. The standard InChI is InChI=1S/C20H20F3N3O4/c21-20(22,23)15-5-3-14(4-6-15)19(29)26-12-11-25-18(28)9-10-24-17(27)8-7-16-2-1-13-30-16/h1-8,13H,9-12H2,(H,24,27)(H,25,28)(H,26,29)/b8-7+. The molecule has 10 heteroatoms. The highest BCUT2D eigenvalue weighted by Gasteiger charge is 2.30. The minimum absolute atomic E-state index is 0.0488. The summed E-state index contributed by atoms with van der Waals surface area (Å²) >= 11 is 0. The number of halogens is 3. The van der Waals surface area contributed by atoms with Crippen LogP contribution < -0.4 is 16.0 Å². The van der Waals surface area contributed by atoms with Gasteiger partial charge < -0.3 is 20.4 Å². The van der Waals surface area contributed by atoms with Crippen molar-refractivity contribution in [3.63, 3.8) is 0 Å². The summed E-state index contributed by atoms with van der Waals surface area (Å²) in [5, 5.41) is 7.60. The van der Waals surface area contributed by atoms with E-state index in [0.29, 0.717) is 5.76 Å². The number of furan rings is 1. The summed E-state index contributed by atoms with van der Waals surface area (Å²) in [4.78, 5) is 35.2. The summed E-state index contributed by atoms with van der Waals surface area (Å²) < 4.78 is 42.5. The molecule has 1 aromatic heterocycles. The molecule has 2 aromatic rings. The molecule has 1 heterocycles. The van der Waals surface area contributed by atoms with E-state index in [-0.39, 0.29) is 43.4 Å². The van der Waals surface area contributed by atoms with Gasteiger partial charge >= 0.3 is 6.18 Å². The average molecular weight is 423 g/mol. The molecule has 7 nitrogen and oxygen atoms in total. The number of amides is 3. The van der Waals surface area contributed by atoms with Crippen LogP contribution in [0.1, 0.15) is 28.1 Å². The average Bonchev–Trinajstić information content (AvgIpc) is 3.22. The van der Waals surface area contributed by atoms with Gasteiger partial charge in [-0.25, -0.2) is 0 Å². The van der Waals surface area contributed by atoms with Crippen LogP contribution >= 0.6 is 0 Å². The Morgan fingerprint density at radius 1 is 0.933 bits per heavy atom. The SMILES string of the molecule is O=C(/C=C/c1ccco1)NCCC(=O)NCCNC(=O)c1ccc(C(F)(F)F)cc1. The fourth-order valence-electron chi connectivity index (χ4n) is 2.28. The molecule has 0 aliphatic carbocycles. The van der Waals surface area contributed by atoms with E-state index in [2.05, 4.69) is 16.0 Å². The maximum Gasteiger partial charge on any atom is 0.416 e. The van der Waals surface area contributed by atoms with Gasteiger partial charge in [0.2, 0.25) is 11.8 Å². The summed E-state index contributed by atoms with van der Waals surface area (Å²) in [5.41, 5.74) is -0.755. The van der Waals surface area contributed by atoms with Crippen LogP contribution in [0.3, 0.4) is 0 Å². The number of benzene rings is 1. The van der Waals surface area contributed by atoms with Crippen molar-refractivity contribution in [3.8, 4) is 0 Å². The van der Waals surface area contributed by atoms with Gasteiger partial charge in [-0.2, -0.15) is 13.2 Å². The molecule has 2 rings (SSSR count). The smallest absolute Gasteiger partial charge is 0.416 e. The zero-order valence-corrected chi connectivity index (χ0v) is 15.8. The van der Waals surface area contributed by atoms with Crippen LogP contribution in [0.15, 0.2) is 53.2 Å². The Bertz CT molecular complexity index is 876. The van der Waals surface area contributed by atoms with E-state index >= 15 is 0 Å². The fraction of sp³-hybridized carbons (Fsp3) is 0.250. The van der Waals surface area contributed by atoms with Crippen molar-refractivity contribution in [2.75, 3.05) is 19.6 Å². The first kappa shape index (κ1) is 22.7. The van der Waals surface area contributed by atoms with E-state index in [4.69, 9.17) is 4.42 Å². The Labute approximate surface area is 170 Å². The quantitative estimate of drug-likeness (QED) is 0.426. The van der Waals surface area contributed by atoms with E-state index < -0.39 is 17.6 Å². The van der Waals surface area contributed by atoms with E-state index in [1.54, 1.807) is 12.1 Å². The Hall–Kier alpha value is -3.56. The molecule has 30 heavy (non-hydrogen) atoms. The molecule has 0 bridgehead atoms. The number of carbonyl (C=O) groups excluding carboxylic acids is 3. The van der Waals surface area contributed by atoms with Crippen LogP contribution in [0, 0.1) is 0 Å². The molecule has 0 unspecified atom stereocenters. The molecule has 0 aliphatic heterocycles. The number of rotatable bonds is 9. The summed E-state index contributed by atoms with van der Waals surface area (Å²) in [6, 6.07) is 7.20. The van der Waals surface area contributed by atoms with E-state index in [1.165, 1.54) is 18.4 Å².